The van der Waals surface area contributed by atoms with Crippen LogP contribution in [0.25, 0.3) is 0 Å². The molecule has 2 rings (SSSR count). The van der Waals surface area contributed by atoms with Crippen molar-refractivity contribution in [2.75, 3.05) is 6.54 Å². The van der Waals surface area contributed by atoms with E-state index < -0.39 is 0 Å². The third-order valence-corrected chi connectivity index (χ3v) is 3.37. The summed E-state index contributed by atoms with van der Waals surface area (Å²) in [7, 11) is 0. The van der Waals surface area contributed by atoms with Gasteiger partial charge in [-0.3, -0.25) is 4.79 Å². The first-order valence-corrected chi connectivity index (χ1v) is 7.70. The Kier molecular flexibility index (Phi) is 5.59. The molecule has 0 atom stereocenters. The molecule has 0 aromatic heterocycles. The van der Waals surface area contributed by atoms with E-state index in [4.69, 9.17) is 4.74 Å². The van der Waals surface area contributed by atoms with Crippen molar-refractivity contribution in [1.82, 2.24) is 4.90 Å². The van der Waals surface area contributed by atoms with Crippen LogP contribution in [0.3, 0.4) is 0 Å². The fourth-order valence-electron chi connectivity index (χ4n) is 2.30. The largest absolute Gasteiger partial charge is 0.490 e. The lowest BCUT2D eigenvalue weighted by Crippen LogP contribution is -2.30. The van der Waals surface area contributed by atoms with Crippen molar-refractivity contribution in [2.24, 2.45) is 0 Å². The third kappa shape index (κ3) is 4.10. The highest BCUT2D eigenvalue weighted by Crippen LogP contribution is 2.22. The summed E-state index contributed by atoms with van der Waals surface area (Å²) in [5, 5.41) is 0. The van der Waals surface area contributed by atoms with E-state index in [-0.39, 0.29) is 12.0 Å². The second-order valence-electron chi connectivity index (χ2n) is 5.47. The number of rotatable bonds is 6. The number of carbonyl (C=O) groups excluding carboxylic acids is 1. The summed E-state index contributed by atoms with van der Waals surface area (Å²) >= 11 is 0. The van der Waals surface area contributed by atoms with Crippen molar-refractivity contribution in [3.05, 3.63) is 65.7 Å². The maximum atomic E-state index is 12.8. The molecule has 0 N–H and O–H groups in total. The molecule has 2 aromatic carbocycles. The van der Waals surface area contributed by atoms with E-state index in [1.807, 2.05) is 80.3 Å². The van der Waals surface area contributed by atoms with Gasteiger partial charge in [0.05, 0.1) is 11.7 Å². The molecule has 0 bridgehead atoms. The summed E-state index contributed by atoms with van der Waals surface area (Å²) in [5.74, 6) is 0.650. The molecule has 0 spiro atoms. The number of carbonyl (C=O) groups is 1. The Hall–Kier alpha value is -2.29. The zero-order valence-electron chi connectivity index (χ0n) is 13.5. The van der Waals surface area contributed by atoms with Gasteiger partial charge >= 0.3 is 0 Å². The minimum absolute atomic E-state index is 0.00241. The lowest BCUT2D eigenvalue weighted by Gasteiger charge is -2.23. The van der Waals surface area contributed by atoms with E-state index in [1.165, 1.54) is 0 Å². The number of benzene rings is 2. The Morgan fingerprint density at radius 2 is 1.68 bits per heavy atom. The second-order valence-corrected chi connectivity index (χ2v) is 5.47. The summed E-state index contributed by atoms with van der Waals surface area (Å²) in [6.45, 7) is 7.17. The van der Waals surface area contributed by atoms with Crippen LogP contribution in [-0.4, -0.2) is 23.5 Å². The number of hydrogen-bond donors (Lipinski definition) is 0. The minimum atomic E-state index is 0.00241. The van der Waals surface area contributed by atoms with Gasteiger partial charge in [0.1, 0.15) is 5.75 Å². The van der Waals surface area contributed by atoms with Crippen molar-refractivity contribution in [3.8, 4) is 5.75 Å². The third-order valence-electron chi connectivity index (χ3n) is 3.37. The Morgan fingerprint density at radius 3 is 2.32 bits per heavy atom. The van der Waals surface area contributed by atoms with Crippen molar-refractivity contribution in [2.45, 2.75) is 33.4 Å². The zero-order valence-corrected chi connectivity index (χ0v) is 13.5. The standard InChI is InChI=1S/C19H23NO2/c1-4-20(14-16-10-6-5-7-11-16)19(21)17-12-8-9-13-18(17)22-15(2)3/h5-13,15H,4,14H2,1-3H3. The number of para-hydroxylation sites is 1. The predicted octanol–water partition coefficient (Wildman–Crippen LogP) is 4.14. The normalized spacial score (nSPS) is 10.5. The topological polar surface area (TPSA) is 29.5 Å². The maximum Gasteiger partial charge on any atom is 0.257 e. The van der Waals surface area contributed by atoms with Crippen LogP contribution in [0.5, 0.6) is 5.75 Å². The van der Waals surface area contributed by atoms with E-state index in [0.29, 0.717) is 24.4 Å². The summed E-state index contributed by atoms with van der Waals surface area (Å²) in [4.78, 5) is 14.7. The van der Waals surface area contributed by atoms with Crippen molar-refractivity contribution < 1.29 is 9.53 Å². The highest BCUT2D eigenvalue weighted by molar-refractivity contribution is 5.96. The Labute approximate surface area is 132 Å². The van der Waals surface area contributed by atoms with E-state index in [2.05, 4.69) is 0 Å². The number of amides is 1. The fraction of sp³-hybridized carbons (Fsp3) is 0.316. The Bertz CT molecular complexity index is 608. The average Bonchev–Trinajstić information content (AvgIpc) is 2.53. The van der Waals surface area contributed by atoms with Crippen LogP contribution in [-0.2, 0) is 6.54 Å². The molecule has 0 saturated carbocycles. The molecular weight excluding hydrogens is 274 g/mol. The second kappa shape index (κ2) is 7.64. The minimum Gasteiger partial charge on any atom is -0.490 e. The predicted molar refractivity (Wildman–Crippen MR) is 89.1 cm³/mol. The van der Waals surface area contributed by atoms with Gasteiger partial charge in [-0.15, -0.1) is 0 Å². The average molecular weight is 297 g/mol. The number of nitrogens with zero attached hydrogens (tertiary/aromatic N) is 1. The van der Waals surface area contributed by atoms with Gasteiger partial charge in [0, 0.05) is 13.1 Å². The molecule has 1 amide bonds. The molecular formula is C19H23NO2. The number of ether oxygens (including phenoxy) is 1. The van der Waals surface area contributed by atoms with Gasteiger partial charge < -0.3 is 9.64 Å². The molecule has 116 valence electrons. The van der Waals surface area contributed by atoms with Crippen LogP contribution in [0, 0.1) is 0 Å². The first kappa shape index (κ1) is 16.1. The first-order chi connectivity index (χ1) is 10.6. The molecule has 2 aromatic rings. The summed E-state index contributed by atoms with van der Waals surface area (Å²) in [6, 6.07) is 17.5. The van der Waals surface area contributed by atoms with Crippen LogP contribution in [0.15, 0.2) is 54.6 Å². The van der Waals surface area contributed by atoms with Crippen LogP contribution in [0.4, 0.5) is 0 Å². The highest BCUT2D eigenvalue weighted by atomic mass is 16.5. The van der Waals surface area contributed by atoms with Crippen molar-refractivity contribution >= 4 is 5.91 Å². The fourth-order valence-corrected chi connectivity index (χ4v) is 2.30. The van der Waals surface area contributed by atoms with E-state index >= 15 is 0 Å². The molecule has 0 heterocycles. The van der Waals surface area contributed by atoms with Gasteiger partial charge in [0.2, 0.25) is 0 Å². The first-order valence-electron chi connectivity index (χ1n) is 7.70. The van der Waals surface area contributed by atoms with Gasteiger partial charge in [-0.2, -0.15) is 0 Å². The lowest BCUT2D eigenvalue weighted by molar-refractivity contribution is 0.0746. The molecule has 22 heavy (non-hydrogen) atoms. The highest BCUT2D eigenvalue weighted by Gasteiger charge is 2.19. The molecule has 0 aliphatic heterocycles. The monoisotopic (exact) mass is 297 g/mol. The van der Waals surface area contributed by atoms with Crippen LogP contribution in [0.1, 0.15) is 36.7 Å². The summed E-state index contributed by atoms with van der Waals surface area (Å²) in [6.07, 6.45) is 0.0400. The molecule has 0 unspecified atom stereocenters. The van der Waals surface area contributed by atoms with Gasteiger partial charge in [0.25, 0.3) is 5.91 Å². The smallest absolute Gasteiger partial charge is 0.257 e. The molecule has 0 radical (unpaired) electrons. The molecule has 0 aliphatic rings. The van der Waals surface area contributed by atoms with Gasteiger partial charge in [-0.25, -0.2) is 0 Å². The van der Waals surface area contributed by atoms with E-state index in [1.54, 1.807) is 0 Å². The van der Waals surface area contributed by atoms with Crippen molar-refractivity contribution in [3.63, 3.8) is 0 Å². The molecule has 0 saturated heterocycles. The molecule has 3 heteroatoms. The lowest BCUT2D eigenvalue weighted by atomic mass is 10.1. The summed E-state index contributed by atoms with van der Waals surface area (Å²) in [5.41, 5.74) is 1.74. The molecule has 0 aliphatic carbocycles. The number of hydrogen-bond acceptors (Lipinski definition) is 2. The summed E-state index contributed by atoms with van der Waals surface area (Å²) < 4.78 is 5.76. The zero-order chi connectivity index (χ0) is 15.9. The van der Waals surface area contributed by atoms with Gasteiger partial charge in [0.15, 0.2) is 0 Å². The van der Waals surface area contributed by atoms with Crippen LogP contribution < -0.4 is 4.74 Å². The Balaban J connectivity index is 2.21. The van der Waals surface area contributed by atoms with Gasteiger partial charge in [-0.1, -0.05) is 42.5 Å². The van der Waals surface area contributed by atoms with E-state index in [9.17, 15) is 4.79 Å². The Morgan fingerprint density at radius 1 is 1.05 bits per heavy atom. The van der Waals surface area contributed by atoms with E-state index in [0.717, 1.165) is 5.56 Å². The molecule has 0 fully saturated rings. The van der Waals surface area contributed by atoms with Crippen LogP contribution in [0.2, 0.25) is 0 Å². The maximum absolute atomic E-state index is 12.8. The van der Waals surface area contributed by atoms with Crippen molar-refractivity contribution in [1.29, 1.82) is 0 Å². The van der Waals surface area contributed by atoms with Gasteiger partial charge in [-0.05, 0) is 38.5 Å². The van der Waals surface area contributed by atoms with Crippen LogP contribution >= 0.6 is 0 Å². The quantitative estimate of drug-likeness (QED) is 0.802. The SMILES string of the molecule is CCN(Cc1ccccc1)C(=O)c1ccccc1OC(C)C. The molecule has 3 nitrogen and oxygen atoms in total.